The Morgan fingerprint density at radius 3 is 2.81 bits per heavy atom. The van der Waals surface area contributed by atoms with E-state index in [1.54, 1.807) is 0 Å². The summed E-state index contributed by atoms with van der Waals surface area (Å²) in [5, 5.41) is 5.70. The van der Waals surface area contributed by atoms with Gasteiger partial charge in [-0.15, -0.1) is 11.3 Å². The Morgan fingerprint density at radius 1 is 1.31 bits per heavy atom. The van der Waals surface area contributed by atoms with E-state index in [1.165, 1.54) is 54.4 Å². The van der Waals surface area contributed by atoms with Gasteiger partial charge in [0, 0.05) is 15.9 Å². The molecule has 0 aromatic carbocycles. The molecule has 0 atom stereocenters. The number of hydrogen-bond donors (Lipinski definition) is 1. The zero-order valence-electron chi connectivity index (χ0n) is 9.68. The molecule has 1 aliphatic rings. The summed E-state index contributed by atoms with van der Waals surface area (Å²) in [7, 11) is 0. The first-order valence-corrected chi connectivity index (χ1v) is 7.96. The van der Waals surface area contributed by atoms with Crippen LogP contribution in [0.25, 0.3) is 0 Å². The van der Waals surface area contributed by atoms with E-state index in [-0.39, 0.29) is 0 Å². The van der Waals surface area contributed by atoms with Crippen LogP contribution in [0, 0.1) is 5.92 Å². The molecular formula is C13H20BrNS. The van der Waals surface area contributed by atoms with Crippen molar-refractivity contribution >= 4 is 27.3 Å². The summed E-state index contributed by atoms with van der Waals surface area (Å²) in [6, 6.07) is 2.13. The standard InChI is InChI=1S/C13H20BrNS/c14-12-7-9-16-13(12)10-15-8-6-11-4-2-1-3-5-11/h7,9,11,15H,1-6,8,10H2. The van der Waals surface area contributed by atoms with E-state index >= 15 is 0 Å². The molecule has 1 fully saturated rings. The summed E-state index contributed by atoms with van der Waals surface area (Å²) in [4.78, 5) is 1.42. The molecule has 0 saturated heterocycles. The summed E-state index contributed by atoms with van der Waals surface area (Å²) in [5.41, 5.74) is 0. The van der Waals surface area contributed by atoms with Crippen molar-refractivity contribution in [2.45, 2.75) is 45.1 Å². The molecule has 90 valence electrons. The lowest BCUT2D eigenvalue weighted by atomic mass is 9.87. The fourth-order valence-corrected chi connectivity index (χ4v) is 3.90. The van der Waals surface area contributed by atoms with Crippen molar-refractivity contribution in [2.24, 2.45) is 5.92 Å². The molecule has 0 radical (unpaired) electrons. The van der Waals surface area contributed by atoms with Gasteiger partial charge in [0.2, 0.25) is 0 Å². The predicted octanol–water partition coefficient (Wildman–Crippen LogP) is 4.57. The quantitative estimate of drug-likeness (QED) is 0.786. The van der Waals surface area contributed by atoms with E-state index < -0.39 is 0 Å². The molecule has 1 saturated carbocycles. The summed E-state index contributed by atoms with van der Waals surface area (Å²) >= 11 is 5.39. The van der Waals surface area contributed by atoms with Gasteiger partial charge < -0.3 is 5.32 Å². The number of hydrogen-bond acceptors (Lipinski definition) is 2. The molecule has 1 aromatic heterocycles. The van der Waals surface area contributed by atoms with Gasteiger partial charge in [-0.25, -0.2) is 0 Å². The van der Waals surface area contributed by atoms with Gasteiger partial charge in [0.15, 0.2) is 0 Å². The van der Waals surface area contributed by atoms with Crippen molar-refractivity contribution in [3.8, 4) is 0 Å². The fourth-order valence-electron chi connectivity index (χ4n) is 2.44. The third kappa shape index (κ3) is 3.86. The molecule has 0 aliphatic heterocycles. The SMILES string of the molecule is Brc1ccsc1CNCCC1CCCCC1. The molecule has 1 aliphatic carbocycles. The molecule has 1 nitrogen and oxygen atoms in total. The second-order valence-corrected chi connectivity index (χ2v) is 6.52. The van der Waals surface area contributed by atoms with Gasteiger partial charge in [0.1, 0.15) is 0 Å². The van der Waals surface area contributed by atoms with E-state index in [1.807, 2.05) is 11.3 Å². The summed E-state index contributed by atoms with van der Waals surface area (Å²) < 4.78 is 1.25. The van der Waals surface area contributed by atoms with Crippen molar-refractivity contribution in [3.05, 3.63) is 20.8 Å². The predicted molar refractivity (Wildman–Crippen MR) is 74.9 cm³/mol. The third-order valence-corrected chi connectivity index (χ3v) is 5.36. The highest BCUT2D eigenvalue weighted by Gasteiger charge is 2.12. The maximum atomic E-state index is 3.57. The van der Waals surface area contributed by atoms with Crippen LogP contribution in [0.2, 0.25) is 0 Å². The smallest absolute Gasteiger partial charge is 0.0327 e. The van der Waals surface area contributed by atoms with Gasteiger partial charge in [-0.05, 0) is 46.3 Å². The van der Waals surface area contributed by atoms with Gasteiger partial charge >= 0.3 is 0 Å². The van der Waals surface area contributed by atoms with Gasteiger partial charge in [0.05, 0.1) is 0 Å². The average Bonchev–Trinajstić information content (AvgIpc) is 2.72. The van der Waals surface area contributed by atoms with Crippen LogP contribution in [0.15, 0.2) is 15.9 Å². The van der Waals surface area contributed by atoms with Crippen molar-refractivity contribution in [1.82, 2.24) is 5.32 Å². The average molecular weight is 302 g/mol. The molecule has 3 heteroatoms. The molecule has 16 heavy (non-hydrogen) atoms. The second-order valence-electron chi connectivity index (χ2n) is 4.66. The monoisotopic (exact) mass is 301 g/mol. The third-order valence-electron chi connectivity index (χ3n) is 3.43. The molecular weight excluding hydrogens is 282 g/mol. The molecule has 2 rings (SSSR count). The van der Waals surface area contributed by atoms with E-state index in [0.29, 0.717) is 0 Å². The minimum absolute atomic E-state index is 0.994. The highest BCUT2D eigenvalue weighted by molar-refractivity contribution is 9.10. The molecule has 0 unspecified atom stereocenters. The minimum atomic E-state index is 0.994. The number of thiophene rings is 1. The van der Waals surface area contributed by atoms with Crippen LogP contribution in [-0.4, -0.2) is 6.54 Å². The molecule has 0 amide bonds. The topological polar surface area (TPSA) is 12.0 Å². The van der Waals surface area contributed by atoms with Crippen LogP contribution >= 0.6 is 27.3 Å². The summed E-state index contributed by atoms with van der Waals surface area (Å²) in [6.45, 7) is 2.19. The zero-order valence-corrected chi connectivity index (χ0v) is 12.1. The summed E-state index contributed by atoms with van der Waals surface area (Å²) in [6.07, 6.45) is 8.67. The second kappa shape index (κ2) is 6.77. The fraction of sp³-hybridized carbons (Fsp3) is 0.692. The van der Waals surface area contributed by atoms with Gasteiger partial charge in [-0.1, -0.05) is 32.1 Å². The van der Waals surface area contributed by atoms with E-state index in [2.05, 4.69) is 32.7 Å². The number of halogens is 1. The highest BCUT2D eigenvalue weighted by Crippen LogP contribution is 2.26. The number of rotatable bonds is 5. The molecule has 0 bridgehead atoms. The lowest BCUT2D eigenvalue weighted by Gasteiger charge is -2.21. The lowest BCUT2D eigenvalue weighted by molar-refractivity contribution is 0.334. The summed E-state index contributed by atoms with van der Waals surface area (Å²) in [5.74, 6) is 0.994. The van der Waals surface area contributed by atoms with Crippen molar-refractivity contribution < 1.29 is 0 Å². The Bertz CT molecular complexity index is 305. The highest BCUT2D eigenvalue weighted by atomic mass is 79.9. The van der Waals surface area contributed by atoms with Crippen LogP contribution in [0.4, 0.5) is 0 Å². The first kappa shape index (κ1) is 12.6. The Balaban J connectivity index is 1.59. The van der Waals surface area contributed by atoms with Crippen LogP contribution in [0.3, 0.4) is 0 Å². The van der Waals surface area contributed by atoms with E-state index in [9.17, 15) is 0 Å². The van der Waals surface area contributed by atoms with Crippen LogP contribution < -0.4 is 5.32 Å². The molecule has 0 spiro atoms. The van der Waals surface area contributed by atoms with Crippen LogP contribution in [0.1, 0.15) is 43.4 Å². The Morgan fingerprint density at radius 2 is 2.12 bits per heavy atom. The van der Waals surface area contributed by atoms with Gasteiger partial charge in [0.25, 0.3) is 0 Å². The molecule has 1 N–H and O–H groups in total. The maximum Gasteiger partial charge on any atom is 0.0327 e. The van der Waals surface area contributed by atoms with Gasteiger partial charge in [-0.3, -0.25) is 0 Å². The van der Waals surface area contributed by atoms with Crippen molar-refractivity contribution in [1.29, 1.82) is 0 Å². The zero-order chi connectivity index (χ0) is 11.2. The largest absolute Gasteiger partial charge is 0.312 e. The lowest BCUT2D eigenvalue weighted by Crippen LogP contribution is -2.18. The van der Waals surface area contributed by atoms with E-state index in [0.717, 1.165) is 12.5 Å². The van der Waals surface area contributed by atoms with Crippen LogP contribution in [0.5, 0.6) is 0 Å². The van der Waals surface area contributed by atoms with Crippen molar-refractivity contribution in [2.75, 3.05) is 6.54 Å². The number of nitrogens with one attached hydrogen (secondary N) is 1. The maximum absolute atomic E-state index is 3.57. The Labute approximate surface area is 111 Å². The van der Waals surface area contributed by atoms with Crippen molar-refractivity contribution in [3.63, 3.8) is 0 Å². The van der Waals surface area contributed by atoms with Crippen LogP contribution in [-0.2, 0) is 6.54 Å². The molecule has 1 aromatic rings. The first-order valence-electron chi connectivity index (χ1n) is 6.29. The Kier molecular flexibility index (Phi) is 5.33. The first-order chi connectivity index (χ1) is 7.86. The minimum Gasteiger partial charge on any atom is -0.312 e. The Hall–Kier alpha value is 0.140. The van der Waals surface area contributed by atoms with Gasteiger partial charge in [-0.2, -0.15) is 0 Å². The molecule has 1 heterocycles. The normalized spacial score (nSPS) is 17.8. The van der Waals surface area contributed by atoms with E-state index in [4.69, 9.17) is 0 Å².